The van der Waals surface area contributed by atoms with Gasteiger partial charge in [-0.05, 0) is 59.7 Å². The topological polar surface area (TPSA) is 77.8 Å². The third-order valence-electron chi connectivity index (χ3n) is 4.18. The van der Waals surface area contributed by atoms with Gasteiger partial charge >= 0.3 is 5.97 Å². The van der Waals surface area contributed by atoms with Gasteiger partial charge in [-0.2, -0.15) is 0 Å². The minimum absolute atomic E-state index is 0.298. The van der Waals surface area contributed by atoms with E-state index in [-0.39, 0.29) is 12.6 Å². The van der Waals surface area contributed by atoms with Crippen molar-refractivity contribution in [3.8, 4) is 5.75 Å². The number of carbonyl (C=O) groups excluding carboxylic acids is 2. The number of esters is 1. The number of amides is 1. The number of nitrogens with one attached hydrogen (secondary N) is 1. The fraction of sp³-hybridized carbons (Fsp3) is 0.182. The van der Waals surface area contributed by atoms with Crippen LogP contribution in [0.3, 0.4) is 0 Å². The van der Waals surface area contributed by atoms with Gasteiger partial charge in [0, 0.05) is 6.08 Å². The molecule has 0 bridgehead atoms. The van der Waals surface area contributed by atoms with Crippen LogP contribution in [0.2, 0.25) is 0 Å². The Labute approximate surface area is 162 Å². The minimum atomic E-state index is -0.587. The Bertz CT molecular complexity index is 991. The van der Waals surface area contributed by atoms with E-state index in [1.807, 2.05) is 36.4 Å². The van der Waals surface area contributed by atoms with Gasteiger partial charge in [0.1, 0.15) is 11.5 Å². The number of ether oxygens (including phenoxy) is 2. The fourth-order valence-electron chi connectivity index (χ4n) is 2.71. The van der Waals surface area contributed by atoms with Crippen LogP contribution in [0.1, 0.15) is 24.3 Å². The molecule has 0 aliphatic rings. The van der Waals surface area contributed by atoms with Crippen molar-refractivity contribution in [3.63, 3.8) is 0 Å². The molecule has 0 aliphatic heterocycles. The molecule has 0 saturated carbocycles. The standard InChI is InChI=1S/C22H21NO5/c1-15(20-4-3-11-27-20)23-21(24)14-28-22(25)10-6-16-5-7-18-13-19(26-2)9-8-17(18)12-16/h3-13,15H,14H2,1-2H3,(H,23,24)/b10-6+/t15-/m0/s1. The van der Waals surface area contributed by atoms with Gasteiger partial charge in [-0.25, -0.2) is 4.79 Å². The fourth-order valence-corrected chi connectivity index (χ4v) is 2.71. The lowest BCUT2D eigenvalue weighted by Crippen LogP contribution is -2.30. The zero-order valence-electron chi connectivity index (χ0n) is 15.7. The monoisotopic (exact) mass is 379 g/mol. The van der Waals surface area contributed by atoms with Gasteiger partial charge in [-0.15, -0.1) is 0 Å². The van der Waals surface area contributed by atoms with Gasteiger partial charge in [-0.1, -0.05) is 18.2 Å². The second kappa shape index (κ2) is 8.90. The summed E-state index contributed by atoms with van der Waals surface area (Å²) in [4.78, 5) is 23.7. The first kappa shape index (κ1) is 19.2. The average Bonchev–Trinajstić information content (AvgIpc) is 3.25. The van der Waals surface area contributed by atoms with E-state index in [9.17, 15) is 9.59 Å². The van der Waals surface area contributed by atoms with Crippen molar-refractivity contribution in [3.05, 3.63) is 72.2 Å². The summed E-state index contributed by atoms with van der Waals surface area (Å²) in [6, 6.07) is 14.8. The van der Waals surface area contributed by atoms with Crippen molar-refractivity contribution < 1.29 is 23.5 Å². The third-order valence-corrected chi connectivity index (χ3v) is 4.18. The van der Waals surface area contributed by atoms with Crippen LogP contribution in [-0.2, 0) is 14.3 Å². The number of hydrogen-bond donors (Lipinski definition) is 1. The van der Waals surface area contributed by atoms with Crippen LogP contribution in [0.5, 0.6) is 5.75 Å². The van der Waals surface area contributed by atoms with Crippen molar-refractivity contribution in [1.82, 2.24) is 5.32 Å². The van der Waals surface area contributed by atoms with Crippen LogP contribution in [0.15, 0.2) is 65.3 Å². The molecule has 1 N–H and O–H groups in total. The molecule has 28 heavy (non-hydrogen) atoms. The van der Waals surface area contributed by atoms with E-state index in [2.05, 4.69) is 5.32 Å². The molecule has 3 aromatic rings. The van der Waals surface area contributed by atoms with Crippen LogP contribution in [0.25, 0.3) is 16.8 Å². The third kappa shape index (κ3) is 5.01. The summed E-state index contributed by atoms with van der Waals surface area (Å²) in [6.45, 7) is 1.43. The smallest absolute Gasteiger partial charge is 0.331 e. The summed E-state index contributed by atoms with van der Waals surface area (Å²) in [6.07, 6.45) is 4.48. The van der Waals surface area contributed by atoms with E-state index in [1.165, 1.54) is 12.3 Å². The first-order valence-electron chi connectivity index (χ1n) is 8.80. The summed E-state index contributed by atoms with van der Waals surface area (Å²) in [5.74, 6) is 0.438. The molecule has 0 unspecified atom stereocenters. The van der Waals surface area contributed by atoms with Crippen molar-refractivity contribution in [2.45, 2.75) is 13.0 Å². The van der Waals surface area contributed by atoms with Crippen molar-refractivity contribution in [2.24, 2.45) is 0 Å². The number of fused-ring (bicyclic) bond motifs is 1. The van der Waals surface area contributed by atoms with E-state index >= 15 is 0 Å². The quantitative estimate of drug-likeness (QED) is 0.498. The van der Waals surface area contributed by atoms with E-state index in [0.29, 0.717) is 5.76 Å². The number of hydrogen-bond acceptors (Lipinski definition) is 5. The molecule has 0 radical (unpaired) electrons. The lowest BCUT2D eigenvalue weighted by Gasteiger charge is -2.11. The lowest BCUT2D eigenvalue weighted by atomic mass is 10.1. The van der Waals surface area contributed by atoms with E-state index < -0.39 is 11.9 Å². The summed E-state index contributed by atoms with van der Waals surface area (Å²) in [5.41, 5.74) is 0.852. The molecule has 0 saturated heterocycles. The SMILES string of the molecule is COc1ccc2cc(/C=C/C(=O)OCC(=O)N[C@@H](C)c3ccco3)ccc2c1. The summed E-state index contributed by atoms with van der Waals surface area (Å²) >= 11 is 0. The van der Waals surface area contributed by atoms with Gasteiger partial charge in [0.25, 0.3) is 5.91 Å². The Morgan fingerprint density at radius 1 is 1.14 bits per heavy atom. The Hall–Kier alpha value is -3.54. The molecular weight excluding hydrogens is 358 g/mol. The number of furan rings is 1. The maximum absolute atomic E-state index is 11.9. The lowest BCUT2D eigenvalue weighted by molar-refractivity contribution is -0.144. The number of rotatable bonds is 7. The average molecular weight is 379 g/mol. The molecule has 6 heteroatoms. The van der Waals surface area contributed by atoms with Crippen LogP contribution in [0.4, 0.5) is 0 Å². The minimum Gasteiger partial charge on any atom is -0.497 e. The Kier molecular flexibility index (Phi) is 6.11. The normalized spacial score (nSPS) is 12.1. The molecule has 1 heterocycles. The molecule has 3 rings (SSSR count). The second-order valence-corrected chi connectivity index (χ2v) is 6.22. The molecule has 144 valence electrons. The molecule has 0 fully saturated rings. The number of benzene rings is 2. The zero-order valence-corrected chi connectivity index (χ0v) is 15.7. The summed E-state index contributed by atoms with van der Waals surface area (Å²) in [5, 5.41) is 4.77. The molecule has 1 amide bonds. The Morgan fingerprint density at radius 2 is 1.93 bits per heavy atom. The molecule has 0 spiro atoms. The van der Waals surface area contributed by atoms with Gasteiger partial charge in [0.05, 0.1) is 19.4 Å². The van der Waals surface area contributed by atoms with Gasteiger partial charge in [0.15, 0.2) is 6.61 Å². The first-order chi connectivity index (χ1) is 13.5. The van der Waals surface area contributed by atoms with Crippen molar-refractivity contribution >= 4 is 28.7 Å². The molecule has 1 atom stereocenters. The van der Waals surface area contributed by atoms with E-state index in [1.54, 1.807) is 32.2 Å². The molecular formula is C22H21NO5. The van der Waals surface area contributed by atoms with Crippen molar-refractivity contribution in [1.29, 1.82) is 0 Å². The largest absolute Gasteiger partial charge is 0.497 e. The second-order valence-electron chi connectivity index (χ2n) is 6.22. The molecule has 1 aromatic heterocycles. The molecule has 2 aromatic carbocycles. The maximum Gasteiger partial charge on any atom is 0.331 e. The molecule has 0 aliphatic carbocycles. The highest BCUT2D eigenvalue weighted by Crippen LogP contribution is 2.22. The summed E-state index contributed by atoms with van der Waals surface area (Å²) < 4.78 is 15.4. The predicted octanol–water partition coefficient (Wildman–Crippen LogP) is 3.88. The van der Waals surface area contributed by atoms with Crippen LogP contribution < -0.4 is 10.1 Å². The summed E-state index contributed by atoms with van der Waals surface area (Å²) in [7, 11) is 1.63. The van der Waals surface area contributed by atoms with Crippen LogP contribution >= 0.6 is 0 Å². The maximum atomic E-state index is 11.9. The Morgan fingerprint density at radius 3 is 2.68 bits per heavy atom. The number of methoxy groups -OCH3 is 1. The predicted molar refractivity (Wildman–Crippen MR) is 106 cm³/mol. The van der Waals surface area contributed by atoms with Crippen LogP contribution in [0, 0.1) is 0 Å². The first-order valence-corrected chi connectivity index (χ1v) is 8.80. The highest BCUT2D eigenvalue weighted by atomic mass is 16.5. The molecule has 6 nitrogen and oxygen atoms in total. The Balaban J connectivity index is 1.52. The zero-order chi connectivity index (χ0) is 19.9. The highest BCUT2D eigenvalue weighted by Gasteiger charge is 2.12. The van der Waals surface area contributed by atoms with E-state index in [4.69, 9.17) is 13.9 Å². The van der Waals surface area contributed by atoms with Gasteiger partial charge in [-0.3, -0.25) is 4.79 Å². The highest BCUT2D eigenvalue weighted by molar-refractivity contribution is 5.91. The van der Waals surface area contributed by atoms with Crippen LogP contribution in [-0.4, -0.2) is 25.6 Å². The van der Waals surface area contributed by atoms with Crippen molar-refractivity contribution in [2.75, 3.05) is 13.7 Å². The van der Waals surface area contributed by atoms with Gasteiger partial charge < -0.3 is 19.2 Å². The van der Waals surface area contributed by atoms with E-state index in [0.717, 1.165) is 22.1 Å². The van der Waals surface area contributed by atoms with Gasteiger partial charge in [0.2, 0.25) is 0 Å². The number of carbonyl (C=O) groups is 2.